The zero-order valence-corrected chi connectivity index (χ0v) is 17.7. The zero-order valence-electron chi connectivity index (χ0n) is 17.7. The van der Waals surface area contributed by atoms with Gasteiger partial charge < -0.3 is 19.6 Å². The number of imidazole rings is 1. The number of carbonyl (C=O) groups is 1. The predicted octanol–water partition coefficient (Wildman–Crippen LogP) is 4.82. The fourth-order valence-electron chi connectivity index (χ4n) is 3.90. The Morgan fingerprint density at radius 3 is 2.77 bits per heavy atom. The Labute approximate surface area is 176 Å². The van der Waals surface area contributed by atoms with E-state index >= 15 is 0 Å². The summed E-state index contributed by atoms with van der Waals surface area (Å²) in [4.78, 5) is 20.9. The van der Waals surface area contributed by atoms with E-state index in [1.807, 2.05) is 54.7 Å². The molecule has 0 bridgehead atoms. The van der Waals surface area contributed by atoms with Gasteiger partial charge in [0, 0.05) is 24.5 Å². The molecular formula is C24H28N4O2. The molecule has 0 saturated carbocycles. The largest absolute Gasteiger partial charge is 0.496 e. The third-order valence-electron chi connectivity index (χ3n) is 5.35. The number of fused-ring (bicyclic) bond motifs is 2. The van der Waals surface area contributed by atoms with E-state index in [0.717, 1.165) is 39.9 Å². The molecule has 156 valence electrons. The molecule has 0 aliphatic carbocycles. The number of aryl methyl sites for hydroxylation is 1. The lowest BCUT2D eigenvalue weighted by molar-refractivity contribution is -0.122. The molecule has 6 nitrogen and oxygen atoms in total. The topological polar surface area (TPSA) is 71.9 Å². The van der Waals surface area contributed by atoms with Crippen LogP contribution in [-0.4, -0.2) is 27.6 Å². The van der Waals surface area contributed by atoms with Crippen LogP contribution >= 0.6 is 0 Å². The highest BCUT2D eigenvalue weighted by Gasteiger charge is 2.20. The van der Waals surface area contributed by atoms with Gasteiger partial charge in [-0.2, -0.15) is 0 Å². The minimum Gasteiger partial charge on any atom is -0.496 e. The molecule has 2 aromatic heterocycles. The number of H-pyrrole nitrogens is 1. The first-order valence-corrected chi connectivity index (χ1v) is 10.4. The number of ether oxygens (including phenoxy) is 1. The Morgan fingerprint density at radius 1 is 1.17 bits per heavy atom. The van der Waals surface area contributed by atoms with Crippen LogP contribution in [-0.2, 0) is 11.3 Å². The number of hydrogen-bond acceptors (Lipinski definition) is 3. The molecular weight excluding hydrogens is 376 g/mol. The molecule has 0 aliphatic heterocycles. The maximum absolute atomic E-state index is 12.8. The van der Waals surface area contributed by atoms with Gasteiger partial charge in [-0.15, -0.1) is 0 Å². The Balaban J connectivity index is 1.46. The molecule has 2 aromatic carbocycles. The molecule has 0 spiro atoms. The summed E-state index contributed by atoms with van der Waals surface area (Å²) in [5.41, 5.74) is 2.98. The molecule has 6 heteroatoms. The number of para-hydroxylation sites is 2. The highest BCUT2D eigenvalue weighted by atomic mass is 16.5. The third kappa shape index (κ3) is 4.17. The third-order valence-corrected chi connectivity index (χ3v) is 5.35. The molecule has 30 heavy (non-hydrogen) atoms. The Morgan fingerprint density at radius 2 is 2.00 bits per heavy atom. The average molecular weight is 405 g/mol. The number of aromatic amines is 1. The van der Waals surface area contributed by atoms with Gasteiger partial charge in [-0.3, -0.25) is 4.79 Å². The Kier molecular flexibility index (Phi) is 5.74. The quantitative estimate of drug-likeness (QED) is 0.442. The van der Waals surface area contributed by atoms with Gasteiger partial charge in [0.15, 0.2) is 0 Å². The molecule has 0 radical (unpaired) electrons. The number of hydrogen-bond donors (Lipinski definition) is 2. The molecule has 0 aliphatic rings. The van der Waals surface area contributed by atoms with Crippen LogP contribution in [0, 0.1) is 5.92 Å². The van der Waals surface area contributed by atoms with Crippen molar-refractivity contribution in [1.82, 2.24) is 19.9 Å². The van der Waals surface area contributed by atoms with E-state index < -0.39 is 0 Å². The van der Waals surface area contributed by atoms with E-state index in [9.17, 15) is 4.79 Å². The van der Waals surface area contributed by atoms with Gasteiger partial charge in [-0.1, -0.05) is 32.0 Å². The summed E-state index contributed by atoms with van der Waals surface area (Å²) in [7, 11) is 1.67. The van der Waals surface area contributed by atoms with E-state index in [4.69, 9.17) is 9.72 Å². The number of nitrogens with zero attached hydrogens (tertiary/aromatic N) is 2. The van der Waals surface area contributed by atoms with Gasteiger partial charge in [-0.25, -0.2) is 4.98 Å². The van der Waals surface area contributed by atoms with Crippen molar-refractivity contribution >= 4 is 27.8 Å². The van der Waals surface area contributed by atoms with Gasteiger partial charge in [0.2, 0.25) is 5.91 Å². The minimum absolute atomic E-state index is 0.0193. The molecule has 1 amide bonds. The summed E-state index contributed by atoms with van der Waals surface area (Å²) in [5, 5.41) is 4.24. The second-order valence-electron chi connectivity index (χ2n) is 8.04. The normalized spacial score (nSPS) is 12.5. The lowest BCUT2D eigenvalue weighted by Gasteiger charge is -2.19. The number of carbonyl (C=O) groups excluding carboxylic acids is 1. The summed E-state index contributed by atoms with van der Waals surface area (Å²) >= 11 is 0. The molecule has 1 atom stereocenters. The maximum Gasteiger partial charge on any atom is 0.222 e. The molecule has 4 rings (SSSR count). The van der Waals surface area contributed by atoms with Crippen LogP contribution < -0.4 is 10.1 Å². The zero-order chi connectivity index (χ0) is 21.1. The molecule has 0 fully saturated rings. The van der Waals surface area contributed by atoms with Crippen molar-refractivity contribution in [1.29, 1.82) is 0 Å². The standard InChI is InChI=1S/C24H28N4O2/c1-16(2)15-20(24-26-18-7-4-5-8-19(18)27-24)25-23(29)12-14-28-13-11-17-21(28)9-6-10-22(17)30-3/h4-11,13,16,20H,12,14-15H2,1-3H3,(H,25,29)(H,26,27). The van der Waals surface area contributed by atoms with Gasteiger partial charge in [0.25, 0.3) is 0 Å². The van der Waals surface area contributed by atoms with Gasteiger partial charge in [0.1, 0.15) is 11.6 Å². The minimum atomic E-state index is -0.133. The first kappa shape index (κ1) is 20.0. The van der Waals surface area contributed by atoms with Gasteiger partial charge in [0.05, 0.1) is 29.7 Å². The maximum atomic E-state index is 12.8. The second kappa shape index (κ2) is 8.61. The number of rotatable bonds is 8. The fraction of sp³-hybridized carbons (Fsp3) is 0.333. The van der Waals surface area contributed by atoms with E-state index in [1.54, 1.807) is 7.11 Å². The summed E-state index contributed by atoms with van der Waals surface area (Å²) < 4.78 is 7.52. The molecule has 2 N–H and O–H groups in total. The van der Waals surface area contributed by atoms with Crippen molar-refractivity contribution in [2.24, 2.45) is 5.92 Å². The van der Waals surface area contributed by atoms with Crippen LogP contribution in [0.1, 0.15) is 38.6 Å². The second-order valence-corrected chi connectivity index (χ2v) is 8.04. The SMILES string of the molecule is COc1cccc2c1ccn2CCC(=O)NC(CC(C)C)c1nc2ccccc2[nH]1. The average Bonchev–Trinajstić information content (AvgIpc) is 3.35. The molecule has 4 aromatic rings. The van der Waals surface area contributed by atoms with E-state index in [-0.39, 0.29) is 11.9 Å². The Hall–Kier alpha value is -3.28. The van der Waals surface area contributed by atoms with Crippen LogP contribution in [0.25, 0.3) is 21.9 Å². The first-order chi connectivity index (χ1) is 14.5. The first-order valence-electron chi connectivity index (χ1n) is 10.4. The van der Waals surface area contributed by atoms with Crippen molar-refractivity contribution in [2.75, 3.05) is 7.11 Å². The van der Waals surface area contributed by atoms with Crippen molar-refractivity contribution < 1.29 is 9.53 Å². The van der Waals surface area contributed by atoms with Crippen molar-refractivity contribution in [3.8, 4) is 5.75 Å². The van der Waals surface area contributed by atoms with Crippen LogP contribution in [0.4, 0.5) is 0 Å². The highest BCUT2D eigenvalue weighted by molar-refractivity contribution is 5.86. The summed E-state index contributed by atoms with van der Waals surface area (Å²) in [5.74, 6) is 2.11. The van der Waals surface area contributed by atoms with E-state index in [1.165, 1.54) is 0 Å². The monoisotopic (exact) mass is 404 g/mol. The van der Waals surface area contributed by atoms with Crippen LogP contribution in [0.15, 0.2) is 54.7 Å². The van der Waals surface area contributed by atoms with Gasteiger partial charge in [-0.05, 0) is 42.7 Å². The van der Waals surface area contributed by atoms with Crippen molar-refractivity contribution in [3.63, 3.8) is 0 Å². The Bertz CT molecular complexity index is 1130. The summed E-state index contributed by atoms with van der Waals surface area (Å²) in [6, 6.07) is 15.8. The van der Waals surface area contributed by atoms with Crippen LogP contribution in [0.2, 0.25) is 0 Å². The lowest BCUT2D eigenvalue weighted by atomic mass is 10.0. The van der Waals surface area contributed by atoms with Crippen LogP contribution in [0.5, 0.6) is 5.75 Å². The molecule has 2 heterocycles. The number of nitrogens with one attached hydrogen (secondary N) is 2. The predicted molar refractivity (Wildman–Crippen MR) is 120 cm³/mol. The van der Waals surface area contributed by atoms with Gasteiger partial charge >= 0.3 is 0 Å². The number of benzene rings is 2. The smallest absolute Gasteiger partial charge is 0.222 e. The van der Waals surface area contributed by atoms with E-state index in [2.05, 4.69) is 28.7 Å². The number of aromatic nitrogens is 3. The fourth-order valence-corrected chi connectivity index (χ4v) is 3.90. The molecule has 0 saturated heterocycles. The number of amides is 1. The summed E-state index contributed by atoms with van der Waals surface area (Å²) in [6.45, 7) is 4.92. The summed E-state index contributed by atoms with van der Waals surface area (Å²) in [6.07, 6.45) is 3.23. The number of methoxy groups -OCH3 is 1. The highest BCUT2D eigenvalue weighted by Crippen LogP contribution is 2.26. The van der Waals surface area contributed by atoms with Crippen LogP contribution in [0.3, 0.4) is 0 Å². The van der Waals surface area contributed by atoms with Crippen molar-refractivity contribution in [3.05, 3.63) is 60.6 Å². The lowest BCUT2D eigenvalue weighted by Crippen LogP contribution is -2.30. The van der Waals surface area contributed by atoms with Crippen molar-refractivity contribution in [2.45, 2.75) is 39.3 Å². The molecule has 1 unspecified atom stereocenters. The van der Waals surface area contributed by atoms with E-state index in [0.29, 0.717) is 18.9 Å².